The van der Waals surface area contributed by atoms with E-state index in [1.807, 2.05) is 18.2 Å². The number of hydrogen-bond acceptors (Lipinski definition) is 3. The Kier molecular flexibility index (Phi) is 5.14. The number of aromatic amines is 1. The van der Waals surface area contributed by atoms with Gasteiger partial charge in [-0.1, -0.05) is 12.1 Å². The van der Waals surface area contributed by atoms with Crippen LogP contribution in [0.1, 0.15) is 56.7 Å². The highest BCUT2D eigenvalue weighted by Crippen LogP contribution is 2.35. The lowest BCUT2D eigenvalue weighted by molar-refractivity contribution is -0.141. The second kappa shape index (κ2) is 7.71. The summed E-state index contributed by atoms with van der Waals surface area (Å²) in [6.07, 6.45) is 6.15. The highest BCUT2D eigenvalue weighted by atomic mass is 16.4. The van der Waals surface area contributed by atoms with Gasteiger partial charge in [-0.3, -0.25) is 9.59 Å². The molecule has 3 N–H and O–H groups in total. The Labute approximate surface area is 158 Å². The van der Waals surface area contributed by atoms with Crippen molar-refractivity contribution in [2.45, 2.75) is 50.9 Å². The number of amides is 1. The molecular weight excluding hydrogens is 342 g/mol. The Morgan fingerprint density at radius 3 is 2.52 bits per heavy atom. The number of fused-ring (bicyclic) bond motifs is 1. The van der Waals surface area contributed by atoms with Crippen molar-refractivity contribution in [2.75, 3.05) is 6.54 Å². The molecule has 0 spiro atoms. The van der Waals surface area contributed by atoms with Gasteiger partial charge in [0.05, 0.1) is 17.0 Å². The van der Waals surface area contributed by atoms with Gasteiger partial charge in [-0.2, -0.15) is 0 Å². The fourth-order valence-electron chi connectivity index (χ4n) is 4.64. The molecule has 0 bridgehead atoms. The number of imidazole rings is 1. The van der Waals surface area contributed by atoms with Crippen LogP contribution in [0.2, 0.25) is 0 Å². The van der Waals surface area contributed by atoms with Gasteiger partial charge in [-0.25, -0.2) is 4.98 Å². The standard InChI is InChI=1S/C21H27N3O3/c25-20(15-9-10-16(11-15)21(26)27)22-12-13-5-7-14(8-6-13)19-23-17-3-1-2-4-18(17)24-19/h1-4,13-16H,5-12H2,(H,22,25)(H,23,24)(H,26,27)/t13?,14?,15-,16+/m0/s1. The lowest BCUT2D eigenvalue weighted by Gasteiger charge is -2.27. The topological polar surface area (TPSA) is 95.1 Å². The van der Waals surface area contributed by atoms with E-state index in [1.54, 1.807) is 0 Å². The highest BCUT2D eigenvalue weighted by Gasteiger charge is 2.34. The van der Waals surface area contributed by atoms with Crippen LogP contribution in [0.25, 0.3) is 11.0 Å². The molecule has 2 aromatic rings. The molecule has 2 fully saturated rings. The Hall–Kier alpha value is -2.37. The van der Waals surface area contributed by atoms with Gasteiger partial charge < -0.3 is 15.4 Å². The van der Waals surface area contributed by atoms with E-state index in [1.165, 1.54) is 0 Å². The number of H-pyrrole nitrogens is 1. The van der Waals surface area contributed by atoms with Crippen molar-refractivity contribution >= 4 is 22.9 Å². The largest absolute Gasteiger partial charge is 0.481 e. The van der Waals surface area contributed by atoms with Crippen molar-refractivity contribution in [1.29, 1.82) is 0 Å². The smallest absolute Gasteiger partial charge is 0.306 e. The third kappa shape index (κ3) is 3.99. The zero-order valence-electron chi connectivity index (χ0n) is 15.5. The van der Waals surface area contributed by atoms with Crippen LogP contribution in [0.5, 0.6) is 0 Å². The molecule has 144 valence electrons. The molecule has 1 aromatic carbocycles. The summed E-state index contributed by atoms with van der Waals surface area (Å²) in [5.41, 5.74) is 2.12. The fraction of sp³-hybridized carbons (Fsp3) is 0.571. The van der Waals surface area contributed by atoms with Crippen LogP contribution < -0.4 is 5.32 Å². The monoisotopic (exact) mass is 369 g/mol. The first-order valence-electron chi connectivity index (χ1n) is 10.1. The molecule has 6 heteroatoms. The Morgan fingerprint density at radius 2 is 1.81 bits per heavy atom. The van der Waals surface area contributed by atoms with E-state index in [0.717, 1.165) is 42.5 Å². The van der Waals surface area contributed by atoms with E-state index in [4.69, 9.17) is 10.1 Å². The summed E-state index contributed by atoms with van der Waals surface area (Å²) in [6.45, 7) is 0.708. The van der Waals surface area contributed by atoms with E-state index < -0.39 is 5.97 Å². The minimum Gasteiger partial charge on any atom is -0.481 e. The summed E-state index contributed by atoms with van der Waals surface area (Å²) < 4.78 is 0. The summed E-state index contributed by atoms with van der Waals surface area (Å²) in [6, 6.07) is 8.13. The number of carboxylic acids is 1. The van der Waals surface area contributed by atoms with Crippen molar-refractivity contribution < 1.29 is 14.7 Å². The minimum absolute atomic E-state index is 0.0400. The number of rotatable bonds is 5. The number of carbonyl (C=O) groups is 2. The zero-order chi connectivity index (χ0) is 18.8. The van der Waals surface area contributed by atoms with Gasteiger partial charge in [-0.05, 0) is 63.0 Å². The van der Waals surface area contributed by atoms with Crippen molar-refractivity contribution in [3.63, 3.8) is 0 Å². The lowest BCUT2D eigenvalue weighted by atomic mass is 9.81. The van der Waals surface area contributed by atoms with Gasteiger partial charge >= 0.3 is 5.97 Å². The number of nitrogens with one attached hydrogen (secondary N) is 2. The van der Waals surface area contributed by atoms with Gasteiger partial charge in [0.15, 0.2) is 0 Å². The average molecular weight is 369 g/mol. The Morgan fingerprint density at radius 1 is 1.07 bits per heavy atom. The second-order valence-corrected chi connectivity index (χ2v) is 8.15. The summed E-state index contributed by atoms with van der Waals surface area (Å²) >= 11 is 0. The van der Waals surface area contributed by atoms with Crippen LogP contribution in [0, 0.1) is 17.8 Å². The summed E-state index contributed by atoms with van der Waals surface area (Å²) in [4.78, 5) is 31.6. The quantitative estimate of drug-likeness (QED) is 0.752. The minimum atomic E-state index is -0.769. The molecule has 0 unspecified atom stereocenters. The fourth-order valence-corrected chi connectivity index (χ4v) is 4.64. The first kappa shape index (κ1) is 18.0. The van der Waals surface area contributed by atoms with Gasteiger partial charge in [-0.15, -0.1) is 0 Å². The summed E-state index contributed by atoms with van der Waals surface area (Å²) in [5, 5.41) is 12.1. The SMILES string of the molecule is O=C(O)[C@@H]1CC[C@H](C(=O)NCC2CCC(c3nc4ccccc4[nH]3)CC2)C1. The zero-order valence-corrected chi connectivity index (χ0v) is 15.5. The Balaban J connectivity index is 1.24. The van der Waals surface area contributed by atoms with Crippen LogP contribution >= 0.6 is 0 Å². The van der Waals surface area contributed by atoms with E-state index in [2.05, 4.69) is 16.4 Å². The number of carbonyl (C=O) groups excluding carboxylic acids is 1. The van der Waals surface area contributed by atoms with Crippen molar-refractivity contribution in [3.8, 4) is 0 Å². The predicted molar refractivity (Wildman–Crippen MR) is 102 cm³/mol. The van der Waals surface area contributed by atoms with E-state index in [0.29, 0.717) is 37.6 Å². The number of benzene rings is 1. The maximum atomic E-state index is 12.3. The van der Waals surface area contributed by atoms with Gasteiger partial charge in [0.25, 0.3) is 0 Å². The molecule has 2 atom stereocenters. The van der Waals surface area contributed by atoms with Crippen LogP contribution in [0.15, 0.2) is 24.3 Å². The number of para-hydroxylation sites is 2. The molecule has 4 rings (SSSR count). The summed E-state index contributed by atoms with van der Waals surface area (Å²) in [7, 11) is 0. The molecule has 27 heavy (non-hydrogen) atoms. The van der Waals surface area contributed by atoms with E-state index >= 15 is 0 Å². The first-order valence-corrected chi connectivity index (χ1v) is 10.1. The van der Waals surface area contributed by atoms with Crippen molar-refractivity contribution in [2.24, 2.45) is 17.8 Å². The van der Waals surface area contributed by atoms with Crippen molar-refractivity contribution in [3.05, 3.63) is 30.1 Å². The first-order chi connectivity index (χ1) is 13.1. The average Bonchev–Trinajstić information content (AvgIpc) is 3.33. The third-order valence-electron chi connectivity index (χ3n) is 6.36. The maximum Gasteiger partial charge on any atom is 0.306 e. The number of aromatic nitrogens is 2. The molecule has 6 nitrogen and oxygen atoms in total. The van der Waals surface area contributed by atoms with Crippen LogP contribution in [0.4, 0.5) is 0 Å². The molecule has 0 radical (unpaired) electrons. The van der Waals surface area contributed by atoms with Crippen LogP contribution in [0.3, 0.4) is 0 Å². The highest BCUT2D eigenvalue weighted by molar-refractivity contribution is 5.80. The molecule has 0 saturated heterocycles. The number of carboxylic acid groups (broad SMARTS) is 1. The van der Waals surface area contributed by atoms with Crippen LogP contribution in [-0.2, 0) is 9.59 Å². The molecule has 2 aliphatic carbocycles. The lowest BCUT2D eigenvalue weighted by Crippen LogP contribution is -2.35. The molecular formula is C21H27N3O3. The molecule has 1 amide bonds. The van der Waals surface area contributed by atoms with Gasteiger partial charge in [0.2, 0.25) is 5.91 Å². The Bertz CT molecular complexity index is 790. The number of aliphatic carboxylic acids is 1. The van der Waals surface area contributed by atoms with E-state index in [-0.39, 0.29) is 17.7 Å². The number of hydrogen-bond donors (Lipinski definition) is 3. The maximum absolute atomic E-state index is 12.3. The molecule has 1 aromatic heterocycles. The molecule has 2 aliphatic rings. The molecule has 2 saturated carbocycles. The van der Waals surface area contributed by atoms with Gasteiger partial charge in [0.1, 0.15) is 5.82 Å². The van der Waals surface area contributed by atoms with Gasteiger partial charge in [0, 0.05) is 18.4 Å². The normalized spacial score (nSPS) is 28.3. The van der Waals surface area contributed by atoms with E-state index in [9.17, 15) is 9.59 Å². The predicted octanol–water partition coefficient (Wildman–Crippen LogP) is 3.45. The number of nitrogens with zero attached hydrogens (tertiary/aromatic N) is 1. The third-order valence-corrected chi connectivity index (χ3v) is 6.36. The summed E-state index contributed by atoms with van der Waals surface area (Å²) in [5.74, 6) is 0.858. The second-order valence-electron chi connectivity index (χ2n) is 8.15. The van der Waals surface area contributed by atoms with Crippen LogP contribution in [-0.4, -0.2) is 33.5 Å². The molecule has 0 aliphatic heterocycles. The van der Waals surface area contributed by atoms with Crippen molar-refractivity contribution in [1.82, 2.24) is 15.3 Å². The molecule has 1 heterocycles.